The monoisotopic (exact) mass is 295 g/mol. The van der Waals surface area contributed by atoms with E-state index in [1.54, 1.807) is 0 Å². The van der Waals surface area contributed by atoms with Crippen LogP contribution in [0.3, 0.4) is 0 Å². The first kappa shape index (κ1) is 13.3. The van der Waals surface area contributed by atoms with E-state index in [9.17, 15) is 8.42 Å². The van der Waals surface area contributed by atoms with Crippen molar-refractivity contribution in [2.24, 2.45) is 0 Å². The number of rotatable bonds is 3. The van der Waals surface area contributed by atoms with Gasteiger partial charge < -0.3 is 10.7 Å². The van der Waals surface area contributed by atoms with Crippen LogP contribution in [0.2, 0.25) is 0 Å². The Bertz CT molecular complexity index is 680. The van der Waals surface area contributed by atoms with Crippen LogP contribution in [0.15, 0.2) is 12.5 Å². The number of likely N-dealkylation sites (tertiary alicyclic amines) is 1. The Morgan fingerprint density at radius 1 is 1.35 bits per heavy atom. The molecule has 0 aromatic carbocycles. The van der Waals surface area contributed by atoms with Crippen LogP contribution >= 0.6 is 0 Å². The Kier molecular flexibility index (Phi) is 3.58. The van der Waals surface area contributed by atoms with Crippen molar-refractivity contribution in [1.82, 2.24) is 19.9 Å². The molecule has 0 atom stereocenters. The molecule has 0 bridgehead atoms. The van der Waals surface area contributed by atoms with Crippen LogP contribution < -0.4 is 5.73 Å². The second-order valence-corrected chi connectivity index (χ2v) is 6.04. The number of hydrogen-bond acceptors (Lipinski definition) is 6. The zero-order chi connectivity index (χ0) is 14.1. The number of aromatic amines is 1. The summed E-state index contributed by atoms with van der Waals surface area (Å²) in [6, 6.07) is 0. The van der Waals surface area contributed by atoms with E-state index >= 15 is 0 Å². The van der Waals surface area contributed by atoms with Crippen LogP contribution in [0, 0.1) is 0 Å². The molecule has 2 aromatic heterocycles. The van der Waals surface area contributed by atoms with Gasteiger partial charge in [0.25, 0.3) is 0 Å². The Morgan fingerprint density at radius 2 is 2.10 bits per heavy atom. The minimum Gasteiger partial charge on any atom is -0.383 e. The van der Waals surface area contributed by atoms with Gasteiger partial charge in [-0.1, -0.05) is 0 Å². The molecule has 3 heterocycles. The van der Waals surface area contributed by atoms with E-state index < -0.39 is 10.7 Å². The molecule has 7 nitrogen and oxygen atoms in total. The van der Waals surface area contributed by atoms with E-state index in [1.165, 1.54) is 6.33 Å². The molecule has 0 aliphatic carbocycles. The van der Waals surface area contributed by atoms with Gasteiger partial charge in [-0.2, -0.15) is 0 Å². The summed E-state index contributed by atoms with van der Waals surface area (Å²) in [5.74, 6) is 1.02. The maximum absolute atomic E-state index is 10.8. The minimum atomic E-state index is -2.34. The summed E-state index contributed by atoms with van der Waals surface area (Å²) >= 11 is 0. The topological polar surface area (TPSA) is 105 Å². The molecule has 3 N–H and O–H groups in total. The van der Waals surface area contributed by atoms with Crippen LogP contribution in [0.4, 0.5) is 5.82 Å². The predicted octanol–water partition coefficient (Wildman–Crippen LogP) is 0.288. The number of thiol groups is 1. The van der Waals surface area contributed by atoms with E-state index in [0.717, 1.165) is 42.5 Å². The maximum atomic E-state index is 10.8. The van der Waals surface area contributed by atoms with Crippen LogP contribution in [0.25, 0.3) is 11.0 Å². The van der Waals surface area contributed by atoms with E-state index in [0.29, 0.717) is 11.7 Å². The Morgan fingerprint density at radius 3 is 2.80 bits per heavy atom. The number of aromatic nitrogens is 3. The highest BCUT2D eigenvalue weighted by molar-refractivity contribution is 7.72. The lowest BCUT2D eigenvalue weighted by Gasteiger charge is -2.30. The number of nitrogen functional groups attached to an aromatic ring is 1. The lowest BCUT2D eigenvalue weighted by molar-refractivity contribution is 0.243. The van der Waals surface area contributed by atoms with Crippen LogP contribution in [0.1, 0.15) is 24.3 Å². The summed E-state index contributed by atoms with van der Waals surface area (Å²) in [5, 5.41) is 0.904. The van der Waals surface area contributed by atoms with E-state index in [2.05, 4.69) is 15.0 Å². The van der Waals surface area contributed by atoms with Crippen molar-refractivity contribution in [3.63, 3.8) is 0 Å². The summed E-state index contributed by atoms with van der Waals surface area (Å²) < 4.78 is 21.5. The molecular formula is C12H17N5O2S. The van der Waals surface area contributed by atoms with E-state index in [-0.39, 0.29) is 5.88 Å². The first-order valence-corrected chi connectivity index (χ1v) is 7.93. The van der Waals surface area contributed by atoms with Crippen LogP contribution in [0.5, 0.6) is 0 Å². The zero-order valence-corrected chi connectivity index (χ0v) is 11.8. The van der Waals surface area contributed by atoms with Crippen molar-refractivity contribution >= 4 is 27.6 Å². The molecule has 0 saturated carbocycles. The average molecular weight is 295 g/mol. The molecule has 1 aliphatic heterocycles. The van der Waals surface area contributed by atoms with Gasteiger partial charge in [-0.05, 0) is 37.4 Å². The Hall–Kier alpha value is -1.67. The summed E-state index contributed by atoms with van der Waals surface area (Å²) in [5.41, 5.74) is 7.84. The standard InChI is InChI=1S/C12H17N5O2S/c13-11-10-9(5-14-12(10)16-6-15-11)8-1-3-17(4-2-8)7-20(18)19/h5-6,8,20H,1-4,7H2,(H3,13,14,15,16). The molecule has 0 unspecified atom stereocenters. The Balaban J connectivity index is 1.80. The third-order valence-corrected chi connectivity index (χ3v) is 4.50. The normalized spacial score (nSPS) is 18.1. The van der Waals surface area contributed by atoms with Gasteiger partial charge in [-0.15, -0.1) is 0 Å². The van der Waals surface area contributed by atoms with E-state index in [1.807, 2.05) is 11.1 Å². The smallest absolute Gasteiger partial charge is 0.153 e. The Labute approximate surface area is 118 Å². The molecule has 2 aromatic rings. The lowest BCUT2D eigenvalue weighted by atomic mass is 9.90. The third kappa shape index (κ3) is 2.48. The molecule has 1 saturated heterocycles. The fourth-order valence-electron chi connectivity index (χ4n) is 2.88. The largest absolute Gasteiger partial charge is 0.383 e. The van der Waals surface area contributed by atoms with Gasteiger partial charge in [-0.3, -0.25) is 4.90 Å². The molecule has 1 fully saturated rings. The number of anilines is 1. The predicted molar refractivity (Wildman–Crippen MR) is 77.0 cm³/mol. The molecule has 3 rings (SSSR count). The third-order valence-electron chi connectivity index (χ3n) is 3.87. The van der Waals surface area contributed by atoms with Gasteiger partial charge in [0.2, 0.25) is 0 Å². The molecule has 108 valence electrons. The highest BCUT2D eigenvalue weighted by Crippen LogP contribution is 2.34. The zero-order valence-electron chi connectivity index (χ0n) is 11.0. The van der Waals surface area contributed by atoms with Gasteiger partial charge in [-0.25, -0.2) is 18.4 Å². The molecule has 8 heteroatoms. The van der Waals surface area contributed by atoms with Crippen molar-refractivity contribution in [3.8, 4) is 0 Å². The van der Waals surface area contributed by atoms with Crippen molar-refractivity contribution in [1.29, 1.82) is 0 Å². The second-order valence-electron chi connectivity index (χ2n) is 5.09. The fraction of sp³-hybridized carbons (Fsp3) is 0.500. The molecule has 20 heavy (non-hydrogen) atoms. The number of fused-ring (bicyclic) bond motifs is 1. The van der Waals surface area contributed by atoms with Gasteiger partial charge >= 0.3 is 0 Å². The van der Waals surface area contributed by atoms with Crippen molar-refractivity contribution in [3.05, 3.63) is 18.1 Å². The number of H-pyrrole nitrogens is 1. The molecule has 0 radical (unpaired) electrons. The number of nitrogens with one attached hydrogen (secondary N) is 1. The number of hydrogen-bond donors (Lipinski definition) is 3. The summed E-state index contributed by atoms with van der Waals surface area (Å²) in [6.45, 7) is 1.57. The average Bonchev–Trinajstić information content (AvgIpc) is 2.84. The second kappa shape index (κ2) is 5.37. The van der Waals surface area contributed by atoms with Crippen LogP contribution in [-0.4, -0.2) is 47.2 Å². The van der Waals surface area contributed by atoms with Crippen LogP contribution in [-0.2, 0) is 10.7 Å². The van der Waals surface area contributed by atoms with Crippen molar-refractivity contribution < 1.29 is 8.42 Å². The molecule has 0 spiro atoms. The van der Waals surface area contributed by atoms with Gasteiger partial charge in [0, 0.05) is 6.20 Å². The summed E-state index contributed by atoms with van der Waals surface area (Å²) in [4.78, 5) is 13.3. The number of nitrogens with two attached hydrogens (primary N) is 1. The summed E-state index contributed by atoms with van der Waals surface area (Å²) in [6.07, 6.45) is 5.24. The van der Waals surface area contributed by atoms with Gasteiger partial charge in [0.15, 0.2) is 10.7 Å². The number of piperidine rings is 1. The SMILES string of the molecule is Nc1ncnc2[nH]cc(C3CCN(C[SH](=O)=O)CC3)c12. The highest BCUT2D eigenvalue weighted by Gasteiger charge is 2.24. The fourth-order valence-corrected chi connectivity index (χ4v) is 3.49. The molecule has 0 amide bonds. The van der Waals surface area contributed by atoms with Crippen molar-refractivity contribution in [2.75, 3.05) is 24.7 Å². The van der Waals surface area contributed by atoms with Gasteiger partial charge in [0.05, 0.1) is 11.3 Å². The van der Waals surface area contributed by atoms with E-state index in [4.69, 9.17) is 5.73 Å². The minimum absolute atomic E-state index is 0.154. The lowest BCUT2D eigenvalue weighted by Crippen LogP contribution is -2.34. The first-order valence-electron chi connectivity index (χ1n) is 6.56. The first-order chi connectivity index (χ1) is 9.65. The van der Waals surface area contributed by atoms with Gasteiger partial charge in [0.1, 0.15) is 17.8 Å². The molecular weight excluding hydrogens is 278 g/mol. The summed E-state index contributed by atoms with van der Waals surface area (Å²) in [7, 11) is -2.34. The highest BCUT2D eigenvalue weighted by atomic mass is 32.2. The maximum Gasteiger partial charge on any atom is 0.153 e. The number of nitrogens with zero attached hydrogens (tertiary/aromatic N) is 3. The molecule has 1 aliphatic rings. The quantitative estimate of drug-likeness (QED) is 0.703. The van der Waals surface area contributed by atoms with Crippen molar-refractivity contribution in [2.45, 2.75) is 18.8 Å².